The van der Waals surface area contributed by atoms with Crippen molar-refractivity contribution in [2.75, 3.05) is 11.9 Å². The Hall–Kier alpha value is -1.26. The minimum absolute atomic E-state index is 0. The van der Waals surface area contributed by atoms with Crippen LogP contribution < -0.4 is 15.4 Å². The Morgan fingerprint density at radius 1 is 1.38 bits per heavy atom. The molecule has 2 N–H and O–H groups in total. The zero-order valence-electron chi connectivity index (χ0n) is 12.9. The Morgan fingerprint density at radius 3 is 2.76 bits per heavy atom. The van der Waals surface area contributed by atoms with Gasteiger partial charge in [-0.1, -0.05) is 12.1 Å². The third-order valence-corrected chi connectivity index (χ3v) is 3.50. The molecule has 118 valence electrons. The average Bonchev–Trinajstić information content (AvgIpc) is 2.40. The molecule has 0 aromatic heterocycles. The molecule has 1 amide bonds. The average molecular weight is 313 g/mol. The molecule has 2 rings (SSSR count). The van der Waals surface area contributed by atoms with E-state index < -0.39 is 0 Å². The summed E-state index contributed by atoms with van der Waals surface area (Å²) in [5.41, 5.74) is 0.761. The van der Waals surface area contributed by atoms with Gasteiger partial charge in [0.05, 0.1) is 11.8 Å². The van der Waals surface area contributed by atoms with Crippen molar-refractivity contribution in [1.82, 2.24) is 5.32 Å². The number of piperidine rings is 1. The number of benzene rings is 1. The Labute approximate surface area is 133 Å². The number of amides is 1. The van der Waals surface area contributed by atoms with Crippen LogP contribution in [0, 0.1) is 5.92 Å². The van der Waals surface area contributed by atoms with Crippen LogP contribution in [0.2, 0.25) is 0 Å². The summed E-state index contributed by atoms with van der Waals surface area (Å²) in [4.78, 5) is 12.4. The van der Waals surface area contributed by atoms with E-state index in [-0.39, 0.29) is 30.3 Å². The summed E-state index contributed by atoms with van der Waals surface area (Å²) >= 11 is 0. The van der Waals surface area contributed by atoms with Crippen LogP contribution in [0.15, 0.2) is 24.3 Å². The van der Waals surface area contributed by atoms with E-state index >= 15 is 0 Å². The summed E-state index contributed by atoms with van der Waals surface area (Å²) in [6, 6.07) is 8.01. The van der Waals surface area contributed by atoms with Gasteiger partial charge in [-0.15, -0.1) is 12.4 Å². The van der Waals surface area contributed by atoms with Crippen LogP contribution in [0.1, 0.15) is 33.6 Å². The van der Waals surface area contributed by atoms with Crippen LogP contribution in [0.3, 0.4) is 0 Å². The Balaban J connectivity index is 0.00000220. The fraction of sp³-hybridized carbons (Fsp3) is 0.562. The number of nitrogens with one attached hydrogen (secondary N) is 2. The molecule has 1 aromatic carbocycles. The zero-order valence-corrected chi connectivity index (χ0v) is 13.7. The van der Waals surface area contributed by atoms with E-state index in [0.29, 0.717) is 6.04 Å². The van der Waals surface area contributed by atoms with Crippen LogP contribution >= 0.6 is 12.4 Å². The van der Waals surface area contributed by atoms with E-state index in [2.05, 4.69) is 17.6 Å². The van der Waals surface area contributed by atoms with Crippen molar-refractivity contribution in [3.63, 3.8) is 0 Å². The van der Waals surface area contributed by atoms with Gasteiger partial charge < -0.3 is 15.4 Å². The van der Waals surface area contributed by atoms with Gasteiger partial charge in [0.1, 0.15) is 5.75 Å². The lowest BCUT2D eigenvalue weighted by molar-refractivity contribution is -0.120. The molecule has 0 unspecified atom stereocenters. The van der Waals surface area contributed by atoms with Gasteiger partial charge in [-0.2, -0.15) is 0 Å². The number of halogens is 1. The summed E-state index contributed by atoms with van der Waals surface area (Å²) in [7, 11) is 0. The molecule has 1 aliphatic heterocycles. The SMILES string of the molecule is CC(C)Oc1ccccc1NC(=O)[C@H]1CCN[C@@H](C)C1.Cl. The van der Waals surface area contributed by atoms with Crippen molar-refractivity contribution in [2.45, 2.75) is 45.8 Å². The van der Waals surface area contributed by atoms with Crippen molar-refractivity contribution in [3.05, 3.63) is 24.3 Å². The molecule has 0 spiro atoms. The summed E-state index contributed by atoms with van der Waals surface area (Å²) in [6.45, 7) is 6.98. The summed E-state index contributed by atoms with van der Waals surface area (Å²) < 4.78 is 5.73. The summed E-state index contributed by atoms with van der Waals surface area (Å²) in [5, 5.41) is 6.38. The molecular formula is C16H25ClN2O2. The number of hydrogen-bond acceptors (Lipinski definition) is 3. The second-order valence-electron chi connectivity index (χ2n) is 5.73. The highest BCUT2D eigenvalue weighted by atomic mass is 35.5. The number of para-hydroxylation sites is 2. The number of hydrogen-bond donors (Lipinski definition) is 2. The van der Waals surface area contributed by atoms with Crippen LogP contribution in [-0.4, -0.2) is 24.6 Å². The van der Waals surface area contributed by atoms with Crippen molar-refractivity contribution in [3.8, 4) is 5.75 Å². The lowest BCUT2D eigenvalue weighted by atomic mass is 9.92. The predicted octanol–water partition coefficient (Wildman–Crippen LogP) is 3.22. The maximum Gasteiger partial charge on any atom is 0.227 e. The second kappa shape index (κ2) is 8.25. The number of carbonyl (C=O) groups is 1. The van der Waals surface area contributed by atoms with Crippen LogP contribution in [0.5, 0.6) is 5.75 Å². The van der Waals surface area contributed by atoms with E-state index in [1.54, 1.807) is 0 Å². The largest absolute Gasteiger partial charge is 0.489 e. The van der Waals surface area contributed by atoms with Gasteiger partial charge in [0.25, 0.3) is 0 Å². The normalized spacial score (nSPS) is 21.5. The molecule has 0 radical (unpaired) electrons. The molecule has 1 aromatic rings. The van der Waals surface area contributed by atoms with E-state index in [1.165, 1.54) is 0 Å². The number of ether oxygens (including phenoxy) is 1. The minimum atomic E-state index is 0. The van der Waals surface area contributed by atoms with Crippen LogP contribution in [-0.2, 0) is 4.79 Å². The minimum Gasteiger partial charge on any atom is -0.489 e. The van der Waals surface area contributed by atoms with Crippen molar-refractivity contribution in [2.24, 2.45) is 5.92 Å². The Bertz CT molecular complexity index is 465. The highest BCUT2D eigenvalue weighted by molar-refractivity contribution is 5.94. The molecule has 4 nitrogen and oxygen atoms in total. The summed E-state index contributed by atoms with van der Waals surface area (Å²) in [6.07, 6.45) is 1.87. The number of carbonyl (C=O) groups excluding carboxylic acids is 1. The van der Waals surface area contributed by atoms with Gasteiger partial charge in [0.15, 0.2) is 0 Å². The maximum atomic E-state index is 12.4. The lowest BCUT2D eigenvalue weighted by Gasteiger charge is -2.27. The Kier molecular flexibility index (Phi) is 6.99. The van der Waals surface area contributed by atoms with Crippen LogP contribution in [0.4, 0.5) is 5.69 Å². The maximum absolute atomic E-state index is 12.4. The fourth-order valence-electron chi connectivity index (χ4n) is 2.53. The molecule has 0 saturated carbocycles. The first kappa shape index (κ1) is 17.8. The van der Waals surface area contributed by atoms with Gasteiger partial charge in [0.2, 0.25) is 5.91 Å². The highest BCUT2D eigenvalue weighted by Gasteiger charge is 2.25. The van der Waals surface area contributed by atoms with Crippen molar-refractivity contribution in [1.29, 1.82) is 0 Å². The van der Waals surface area contributed by atoms with E-state index in [4.69, 9.17) is 4.74 Å². The third kappa shape index (κ3) is 5.21. The summed E-state index contributed by atoms with van der Waals surface area (Å²) in [5.74, 6) is 0.911. The van der Waals surface area contributed by atoms with E-state index in [0.717, 1.165) is 30.8 Å². The third-order valence-electron chi connectivity index (χ3n) is 3.50. The first-order valence-corrected chi connectivity index (χ1v) is 7.36. The number of anilines is 1. The number of rotatable bonds is 4. The van der Waals surface area contributed by atoms with E-state index in [1.807, 2.05) is 38.1 Å². The monoisotopic (exact) mass is 312 g/mol. The van der Waals surface area contributed by atoms with Gasteiger partial charge in [-0.05, 0) is 52.3 Å². The highest BCUT2D eigenvalue weighted by Crippen LogP contribution is 2.26. The molecule has 1 saturated heterocycles. The topological polar surface area (TPSA) is 50.4 Å². The molecule has 0 aliphatic carbocycles. The second-order valence-corrected chi connectivity index (χ2v) is 5.73. The van der Waals surface area contributed by atoms with Gasteiger partial charge in [-0.3, -0.25) is 4.79 Å². The molecule has 0 bridgehead atoms. The molecule has 2 atom stereocenters. The zero-order chi connectivity index (χ0) is 14.5. The molecule has 21 heavy (non-hydrogen) atoms. The predicted molar refractivity (Wildman–Crippen MR) is 88.3 cm³/mol. The van der Waals surface area contributed by atoms with Gasteiger partial charge in [0, 0.05) is 12.0 Å². The first-order valence-electron chi connectivity index (χ1n) is 7.36. The smallest absolute Gasteiger partial charge is 0.227 e. The quantitative estimate of drug-likeness (QED) is 0.897. The molecular weight excluding hydrogens is 288 g/mol. The van der Waals surface area contributed by atoms with Crippen LogP contribution in [0.25, 0.3) is 0 Å². The molecule has 5 heteroatoms. The van der Waals surface area contributed by atoms with Crippen molar-refractivity contribution >= 4 is 24.0 Å². The standard InChI is InChI=1S/C16H24N2O2.ClH/c1-11(2)20-15-7-5-4-6-14(15)18-16(19)13-8-9-17-12(3)10-13;/h4-7,11-13,17H,8-10H2,1-3H3,(H,18,19);1H/t12-,13-;/m0./s1. The van der Waals surface area contributed by atoms with E-state index in [9.17, 15) is 4.79 Å². The Morgan fingerprint density at radius 2 is 2.10 bits per heavy atom. The lowest BCUT2D eigenvalue weighted by Crippen LogP contribution is -2.40. The fourth-order valence-corrected chi connectivity index (χ4v) is 2.53. The van der Waals surface area contributed by atoms with Gasteiger partial charge >= 0.3 is 0 Å². The molecule has 1 heterocycles. The van der Waals surface area contributed by atoms with Gasteiger partial charge in [-0.25, -0.2) is 0 Å². The van der Waals surface area contributed by atoms with Crippen molar-refractivity contribution < 1.29 is 9.53 Å². The molecule has 1 fully saturated rings. The molecule has 1 aliphatic rings. The first-order chi connectivity index (χ1) is 9.56.